The van der Waals surface area contributed by atoms with E-state index in [1.165, 1.54) is 26.6 Å². The van der Waals surface area contributed by atoms with Crippen molar-refractivity contribution in [2.24, 2.45) is 0 Å². The number of nitrogens with one attached hydrogen (secondary N) is 1. The zero-order valence-corrected chi connectivity index (χ0v) is 16.3. The van der Waals surface area contributed by atoms with Crippen molar-refractivity contribution in [3.05, 3.63) is 29.8 Å². The maximum Gasteiger partial charge on any atom is 0.245 e. The molecule has 26 heavy (non-hydrogen) atoms. The van der Waals surface area contributed by atoms with Crippen LogP contribution in [0.3, 0.4) is 0 Å². The summed E-state index contributed by atoms with van der Waals surface area (Å²) >= 11 is 0. The number of aromatic nitrogens is 3. The lowest BCUT2D eigenvalue weighted by atomic mass is 10.2. The largest absolute Gasteiger partial charge is 0.496 e. The van der Waals surface area contributed by atoms with E-state index in [4.69, 9.17) is 14.2 Å². The zero-order chi connectivity index (χ0) is 19.3. The summed E-state index contributed by atoms with van der Waals surface area (Å²) in [5.41, 5.74) is 0.774. The first-order valence-corrected chi connectivity index (χ1v) is 9.44. The van der Waals surface area contributed by atoms with Crippen molar-refractivity contribution in [2.75, 3.05) is 27.9 Å². The number of ether oxygens (including phenoxy) is 3. The Morgan fingerprint density at radius 3 is 2.50 bits per heavy atom. The topological polar surface area (TPSA) is 105 Å². The molecule has 2 aromatic rings. The number of nitrogens with zero attached hydrogens (tertiary/aromatic N) is 3. The van der Waals surface area contributed by atoms with Crippen molar-refractivity contribution in [3.63, 3.8) is 0 Å². The fourth-order valence-electron chi connectivity index (χ4n) is 2.54. The van der Waals surface area contributed by atoms with E-state index in [1.807, 2.05) is 6.92 Å². The maximum atomic E-state index is 12.9. The summed E-state index contributed by atoms with van der Waals surface area (Å²) in [6, 6.07) is 2.47. The van der Waals surface area contributed by atoms with Crippen LogP contribution in [0.15, 0.2) is 23.4 Å². The first-order chi connectivity index (χ1) is 12.3. The average Bonchev–Trinajstić information content (AvgIpc) is 3.07. The number of aryl methyl sites for hydroxylation is 1. The van der Waals surface area contributed by atoms with Crippen LogP contribution in [0.25, 0.3) is 0 Å². The van der Waals surface area contributed by atoms with Gasteiger partial charge in [-0.2, -0.15) is 0 Å². The Bertz CT molecular complexity index is 850. The van der Waals surface area contributed by atoms with Gasteiger partial charge >= 0.3 is 0 Å². The van der Waals surface area contributed by atoms with Crippen molar-refractivity contribution in [1.29, 1.82) is 0 Å². The summed E-state index contributed by atoms with van der Waals surface area (Å²) in [5, 5.41) is 7.86. The van der Waals surface area contributed by atoms with Gasteiger partial charge in [-0.05, 0) is 25.5 Å². The quantitative estimate of drug-likeness (QED) is 0.694. The highest BCUT2D eigenvalue weighted by Crippen LogP contribution is 2.32. The molecule has 1 N–H and O–H groups in total. The molecule has 9 nitrogen and oxygen atoms in total. The third-order valence-electron chi connectivity index (χ3n) is 3.87. The van der Waals surface area contributed by atoms with Crippen LogP contribution < -0.4 is 14.2 Å². The lowest BCUT2D eigenvalue weighted by Crippen LogP contribution is -2.29. The van der Waals surface area contributed by atoms with E-state index < -0.39 is 16.1 Å². The molecule has 1 aromatic carbocycles. The normalized spacial score (nSPS) is 12.8. The number of methoxy groups -OCH3 is 3. The third kappa shape index (κ3) is 4.32. The minimum Gasteiger partial charge on any atom is -0.496 e. The molecular formula is C16H24N4O5S. The standard InChI is InChI=1S/C16H24N4O5S/c1-11-8-14(25-5)15(9-13(11)24-4)26(21,22)19-12(2)16-18-17-10-20(16)6-7-23-3/h8-10,12,19H,6-7H2,1-5H3/t12-/m0/s1. The van der Waals surface area contributed by atoms with Crippen LogP contribution in [0.4, 0.5) is 0 Å². The zero-order valence-electron chi connectivity index (χ0n) is 15.5. The molecule has 0 amide bonds. The van der Waals surface area contributed by atoms with E-state index in [1.54, 1.807) is 24.7 Å². The molecule has 2 rings (SSSR count). The minimum atomic E-state index is -3.88. The van der Waals surface area contributed by atoms with E-state index in [-0.39, 0.29) is 10.6 Å². The van der Waals surface area contributed by atoms with E-state index in [0.717, 1.165) is 5.56 Å². The highest BCUT2D eigenvalue weighted by Gasteiger charge is 2.26. The smallest absolute Gasteiger partial charge is 0.245 e. The van der Waals surface area contributed by atoms with E-state index in [2.05, 4.69) is 14.9 Å². The Morgan fingerprint density at radius 1 is 1.19 bits per heavy atom. The Kier molecular flexibility index (Phi) is 6.57. The Morgan fingerprint density at radius 2 is 1.88 bits per heavy atom. The molecule has 0 unspecified atom stereocenters. The summed E-state index contributed by atoms with van der Waals surface area (Å²) < 4.78 is 45.6. The molecule has 0 fully saturated rings. The number of hydrogen-bond donors (Lipinski definition) is 1. The van der Waals surface area contributed by atoms with Crippen molar-refractivity contribution < 1.29 is 22.6 Å². The third-order valence-corrected chi connectivity index (χ3v) is 5.43. The van der Waals surface area contributed by atoms with Gasteiger partial charge in [-0.1, -0.05) is 0 Å². The summed E-state index contributed by atoms with van der Waals surface area (Å²) in [6.07, 6.45) is 1.54. The van der Waals surface area contributed by atoms with Crippen LogP contribution in [0.2, 0.25) is 0 Å². The predicted octanol–water partition coefficient (Wildman–Crippen LogP) is 1.29. The van der Waals surface area contributed by atoms with Crippen molar-refractivity contribution in [3.8, 4) is 11.5 Å². The molecule has 0 saturated carbocycles. The predicted molar refractivity (Wildman–Crippen MR) is 94.9 cm³/mol. The SMILES string of the molecule is COCCn1cnnc1[C@H](C)NS(=O)(=O)c1cc(OC)c(C)cc1OC. The van der Waals surface area contributed by atoms with Crippen LogP contribution in [0.5, 0.6) is 11.5 Å². The van der Waals surface area contributed by atoms with Gasteiger partial charge in [-0.3, -0.25) is 0 Å². The summed E-state index contributed by atoms with van der Waals surface area (Å²) in [7, 11) is 0.616. The second-order valence-corrected chi connectivity index (χ2v) is 7.37. The summed E-state index contributed by atoms with van der Waals surface area (Å²) in [4.78, 5) is -0.00254. The fourth-order valence-corrected chi connectivity index (χ4v) is 3.91. The average molecular weight is 384 g/mol. The van der Waals surface area contributed by atoms with Crippen molar-refractivity contribution >= 4 is 10.0 Å². The molecule has 1 heterocycles. The van der Waals surface area contributed by atoms with Gasteiger partial charge in [-0.15, -0.1) is 10.2 Å². The molecule has 0 aliphatic carbocycles. The van der Waals surface area contributed by atoms with Gasteiger partial charge in [0.25, 0.3) is 0 Å². The van der Waals surface area contributed by atoms with Crippen molar-refractivity contribution in [2.45, 2.75) is 31.3 Å². The Labute approximate surface area is 153 Å². The van der Waals surface area contributed by atoms with Crippen LogP contribution in [0.1, 0.15) is 24.4 Å². The van der Waals surface area contributed by atoms with Gasteiger partial charge in [0.1, 0.15) is 22.7 Å². The van der Waals surface area contributed by atoms with Crippen LogP contribution in [-0.2, 0) is 21.3 Å². The molecule has 1 aromatic heterocycles. The molecule has 0 aliphatic rings. The van der Waals surface area contributed by atoms with E-state index in [9.17, 15) is 8.42 Å². The van der Waals surface area contributed by atoms with Gasteiger partial charge in [-0.25, -0.2) is 13.1 Å². The molecule has 0 bridgehead atoms. The van der Waals surface area contributed by atoms with Gasteiger partial charge in [0, 0.05) is 19.7 Å². The Hall–Kier alpha value is -2.17. The number of hydrogen-bond acceptors (Lipinski definition) is 7. The monoisotopic (exact) mass is 384 g/mol. The van der Waals surface area contributed by atoms with Crippen LogP contribution >= 0.6 is 0 Å². The molecule has 0 saturated heterocycles. The van der Waals surface area contributed by atoms with Gasteiger partial charge in [0.05, 0.1) is 26.9 Å². The van der Waals surface area contributed by atoms with E-state index in [0.29, 0.717) is 24.7 Å². The summed E-state index contributed by atoms with van der Waals surface area (Å²) in [6.45, 7) is 4.49. The number of rotatable bonds is 9. The number of sulfonamides is 1. The second-order valence-electron chi connectivity index (χ2n) is 5.69. The van der Waals surface area contributed by atoms with Crippen molar-refractivity contribution in [1.82, 2.24) is 19.5 Å². The van der Waals surface area contributed by atoms with Gasteiger partial charge < -0.3 is 18.8 Å². The van der Waals surface area contributed by atoms with Gasteiger partial charge in [0.15, 0.2) is 5.82 Å². The lowest BCUT2D eigenvalue weighted by molar-refractivity contribution is 0.185. The maximum absolute atomic E-state index is 12.9. The fraction of sp³-hybridized carbons (Fsp3) is 0.500. The first-order valence-electron chi connectivity index (χ1n) is 7.95. The Balaban J connectivity index is 2.33. The minimum absolute atomic E-state index is 0.00254. The van der Waals surface area contributed by atoms with E-state index >= 15 is 0 Å². The molecular weight excluding hydrogens is 360 g/mol. The lowest BCUT2D eigenvalue weighted by Gasteiger charge is -2.17. The molecule has 0 aliphatic heterocycles. The van der Waals surface area contributed by atoms with Crippen LogP contribution in [0, 0.1) is 6.92 Å². The van der Waals surface area contributed by atoms with Crippen LogP contribution in [-0.4, -0.2) is 51.1 Å². The summed E-state index contributed by atoms with van der Waals surface area (Å²) in [5.74, 6) is 1.19. The second kappa shape index (κ2) is 8.47. The highest BCUT2D eigenvalue weighted by molar-refractivity contribution is 7.89. The molecule has 1 atom stereocenters. The molecule has 144 valence electrons. The molecule has 0 spiro atoms. The highest BCUT2D eigenvalue weighted by atomic mass is 32.2. The first kappa shape index (κ1) is 20.1. The molecule has 10 heteroatoms. The number of benzene rings is 1. The molecule has 0 radical (unpaired) electrons. The van der Waals surface area contributed by atoms with Gasteiger partial charge in [0.2, 0.25) is 10.0 Å².